The van der Waals surface area contributed by atoms with Gasteiger partial charge in [0.05, 0.1) is 0 Å². The molecule has 1 N–H and O–H groups in total. The Morgan fingerprint density at radius 3 is 2.73 bits per heavy atom. The van der Waals surface area contributed by atoms with Crippen molar-refractivity contribution in [2.24, 2.45) is 0 Å². The molecule has 0 aliphatic carbocycles. The third-order valence-corrected chi connectivity index (χ3v) is 4.37. The van der Waals surface area contributed by atoms with E-state index >= 15 is 0 Å². The second-order valence-electron chi connectivity index (χ2n) is 5.97. The number of benzene rings is 1. The summed E-state index contributed by atoms with van der Waals surface area (Å²) in [5.74, 6) is 0.969. The fourth-order valence-corrected chi connectivity index (χ4v) is 3.26. The molecule has 1 atom stereocenters. The Morgan fingerprint density at radius 1 is 1.14 bits per heavy atom. The lowest BCUT2D eigenvalue weighted by molar-refractivity contribution is 0.140. The number of piperidine rings is 1. The van der Waals surface area contributed by atoms with Gasteiger partial charge in [-0.25, -0.2) is 4.98 Å². The van der Waals surface area contributed by atoms with E-state index in [0.717, 1.165) is 18.9 Å². The Hall–Kier alpha value is -1.87. The van der Waals surface area contributed by atoms with Gasteiger partial charge in [0.25, 0.3) is 0 Å². The Balaban J connectivity index is 1.74. The van der Waals surface area contributed by atoms with Gasteiger partial charge in [-0.05, 0) is 43.5 Å². The van der Waals surface area contributed by atoms with Gasteiger partial charge in [-0.2, -0.15) is 0 Å². The number of hydrogen-bond donors (Lipinski definition) is 1. The topological polar surface area (TPSA) is 28.2 Å². The highest BCUT2D eigenvalue weighted by Gasteiger charge is 2.24. The fraction of sp³-hybridized carbons (Fsp3) is 0.421. The SMILES string of the molecule is CCNc1ccc(C2CCCCN2Cc2ccccc2)cn1. The molecule has 116 valence electrons. The summed E-state index contributed by atoms with van der Waals surface area (Å²) in [7, 11) is 0. The van der Waals surface area contributed by atoms with E-state index in [9.17, 15) is 0 Å². The molecule has 0 radical (unpaired) electrons. The van der Waals surface area contributed by atoms with Crippen LogP contribution in [0.15, 0.2) is 48.7 Å². The summed E-state index contributed by atoms with van der Waals surface area (Å²) in [6, 6.07) is 15.6. The predicted octanol–water partition coefficient (Wildman–Crippen LogP) is 4.24. The number of rotatable bonds is 5. The molecular weight excluding hydrogens is 270 g/mol. The Kier molecular flexibility index (Phi) is 5.07. The molecule has 0 bridgehead atoms. The lowest BCUT2D eigenvalue weighted by Crippen LogP contribution is -2.33. The van der Waals surface area contributed by atoms with Crippen molar-refractivity contribution in [2.45, 2.75) is 38.8 Å². The van der Waals surface area contributed by atoms with Crippen LogP contribution in [0.3, 0.4) is 0 Å². The largest absolute Gasteiger partial charge is 0.370 e. The standard InChI is InChI=1S/C19H25N3/c1-2-20-19-12-11-17(14-21-19)18-10-6-7-13-22(18)15-16-8-4-3-5-9-16/h3-5,8-9,11-12,14,18H,2,6-7,10,13,15H2,1H3,(H,20,21). The molecular formula is C19H25N3. The molecule has 22 heavy (non-hydrogen) atoms. The van der Waals surface area contributed by atoms with Gasteiger partial charge in [0, 0.05) is 25.3 Å². The average Bonchev–Trinajstić information content (AvgIpc) is 2.58. The molecule has 0 spiro atoms. The summed E-state index contributed by atoms with van der Waals surface area (Å²) in [4.78, 5) is 7.15. The van der Waals surface area contributed by atoms with Gasteiger partial charge < -0.3 is 5.32 Å². The first kappa shape index (κ1) is 15.0. The molecule has 3 heteroatoms. The molecule has 2 heterocycles. The molecule has 0 saturated carbocycles. The van der Waals surface area contributed by atoms with E-state index in [-0.39, 0.29) is 0 Å². The van der Waals surface area contributed by atoms with E-state index in [4.69, 9.17) is 0 Å². The summed E-state index contributed by atoms with van der Waals surface area (Å²) in [6.07, 6.45) is 5.89. The van der Waals surface area contributed by atoms with Crippen molar-refractivity contribution >= 4 is 5.82 Å². The maximum Gasteiger partial charge on any atom is 0.125 e. The first-order chi connectivity index (χ1) is 10.9. The van der Waals surface area contributed by atoms with Gasteiger partial charge in [0.1, 0.15) is 5.82 Å². The van der Waals surface area contributed by atoms with Crippen molar-refractivity contribution in [2.75, 3.05) is 18.4 Å². The van der Waals surface area contributed by atoms with E-state index in [0.29, 0.717) is 6.04 Å². The highest BCUT2D eigenvalue weighted by atomic mass is 15.2. The van der Waals surface area contributed by atoms with Crippen molar-refractivity contribution in [1.82, 2.24) is 9.88 Å². The zero-order valence-electron chi connectivity index (χ0n) is 13.3. The quantitative estimate of drug-likeness (QED) is 0.894. The van der Waals surface area contributed by atoms with Crippen LogP contribution in [0, 0.1) is 0 Å². The zero-order valence-corrected chi connectivity index (χ0v) is 13.3. The summed E-state index contributed by atoms with van der Waals surface area (Å²) < 4.78 is 0. The number of aromatic nitrogens is 1. The predicted molar refractivity (Wildman–Crippen MR) is 91.8 cm³/mol. The molecule has 3 nitrogen and oxygen atoms in total. The highest BCUT2D eigenvalue weighted by Crippen LogP contribution is 2.32. The third kappa shape index (κ3) is 3.66. The van der Waals surface area contributed by atoms with Gasteiger partial charge in [-0.1, -0.05) is 42.8 Å². The Labute approximate surface area is 133 Å². The monoisotopic (exact) mass is 295 g/mol. The zero-order chi connectivity index (χ0) is 15.2. The lowest BCUT2D eigenvalue weighted by Gasteiger charge is -2.36. The van der Waals surface area contributed by atoms with Crippen LogP contribution in [-0.2, 0) is 6.54 Å². The molecule has 3 rings (SSSR count). The van der Waals surface area contributed by atoms with Crippen LogP contribution in [-0.4, -0.2) is 23.0 Å². The van der Waals surface area contributed by atoms with Gasteiger partial charge in [0.15, 0.2) is 0 Å². The number of nitrogens with zero attached hydrogens (tertiary/aromatic N) is 2. The molecule has 1 saturated heterocycles. The van der Waals surface area contributed by atoms with Crippen LogP contribution in [0.2, 0.25) is 0 Å². The van der Waals surface area contributed by atoms with Crippen LogP contribution in [0.5, 0.6) is 0 Å². The molecule has 1 aliphatic heterocycles. The highest BCUT2D eigenvalue weighted by molar-refractivity contribution is 5.36. The maximum atomic E-state index is 4.55. The average molecular weight is 295 g/mol. The van der Waals surface area contributed by atoms with Crippen LogP contribution >= 0.6 is 0 Å². The van der Waals surface area contributed by atoms with Crippen LogP contribution in [0.1, 0.15) is 43.4 Å². The van der Waals surface area contributed by atoms with E-state index < -0.39 is 0 Å². The van der Waals surface area contributed by atoms with Crippen molar-refractivity contribution in [3.05, 3.63) is 59.8 Å². The number of pyridine rings is 1. The van der Waals surface area contributed by atoms with Crippen LogP contribution < -0.4 is 5.32 Å². The Morgan fingerprint density at radius 2 is 2.00 bits per heavy atom. The summed E-state index contributed by atoms with van der Waals surface area (Å²) >= 11 is 0. The van der Waals surface area contributed by atoms with Gasteiger partial charge in [-0.15, -0.1) is 0 Å². The minimum absolute atomic E-state index is 0.497. The molecule has 1 aliphatic rings. The molecule has 1 fully saturated rings. The second kappa shape index (κ2) is 7.41. The summed E-state index contributed by atoms with van der Waals surface area (Å²) in [5.41, 5.74) is 2.74. The number of anilines is 1. The number of nitrogens with one attached hydrogen (secondary N) is 1. The van der Waals surface area contributed by atoms with Crippen molar-refractivity contribution in [3.63, 3.8) is 0 Å². The maximum absolute atomic E-state index is 4.55. The van der Waals surface area contributed by atoms with Crippen LogP contribution in [0.4, 0.5) is 5.82 Å². The number of likely N-dealkylation sites (tertiary alicyclic amines) is 1. The lowest BCUT2D eigenvalue weighted by atomic mass is 9.95. The van der Waals surface area contributed by atoms with Crippen LogP contribution in [0.25, 0.3) is 0 Å². The molecule has 1 aromatic heterocycles. The molecule has 2 aromatic rings. The first-order valence-electron chi connectivity index (χ1n) is 8.34. The summed E-state index contributed by atoms with van der Waals surface area (Å²) in [6.45, 7) is 5.21. The van der Waals surface area contributed by atoms with E-state index in [1.807, 2.05) is 6.20 Å². The van der Waals surface area contributed by atoms with E-state index in [1.54, 1.807) is 0 Å². The normalized spacial score (nSPS) is 19.0. The smallest absolute Gasteiger partial charge is 0.125 e. The summed E-state index contributed by atoms with van der Waals surface area (Å²) in [5, 5.41) is 3.26. The van der Waals surface area contributed by atoms with Crippen molar-refractivity contribution in [1.29, 1.82) is 0 Å². The van der Waals surface area contributed by atoms with Gasteiger partial charge in [0.2, 0.25) is 0 Å². The van der Waals surface area contributed by atoms with Crippen molar-refractivity contribution in [3.8, 4) is 0 Å². The number of hydrogen-bond acceptors (Lipinski definition) is 3. The second-order valence-corrected chi connectivity index (χ2v) is 5.97. The minimum atomic E-state index is 0.497. The third-order valence-electron chi connectivity index (χ3n) is 4.37. The fourth-order valence-electron chi connectivity index (χ4n) is 3.26. The minimum Gasteiger partial charge on any atom is -0.370 e. The van der Waals surface area contributed by atoms with Gasteiger partial charge >= 0.3 is 0 Å². The molecule has 1 aromatic carbocycles. The van der Waals surface area contributed by atoms with Crippen molar-refractivity contribution < 1.29 is 0 Å². The van der Waals surface area contributed by atoms with Gasteiger partial charge in [-0.3, -0.25) is 4.90 Å². The first-order valence-corrected chi connectivity index (χ1v) is 8.34. The van der Waals surface area contributed by atoms with E-state index in [2.05, 4.69) is 64.6 Å². The molecule has 1 unspecified atom stereocenters. The Bertz CT molecular complexity index is 565. The molecule has 0 amide bonds. The van der Waals surface area contributed by atoms with E-state index in [1.165, 1.54) is 36.9 Å².